The van der Waals surface area contributed by atoms with Crippen LogP contribution in [0.2, 0.25) is 0 Å². The first-order valence-electron chi connectivity index (χ1n) is 11.0. The summed E-state index contributed by atoms with van der Waals surface area (Å²) in [5.74, 6) is -5.74. The molecule has 1 aliphatic carbocycles. The van der Waals surface area contributed by atoms with Crippen LogP contribution in [0.15, 0.2) is 22.7 Å². The molecule has 2 amide bonds. The van der Waals surface area contributed by atoms with Crippen LogP contribution in [0.1, 0.15) is 48.0 Å². The molecule has 1 aromatic heterocycles. The number of benzene rings is 1. The molecule has 188 valence electrons. The zero-order valence-corrected chi connectivity index (χ0v) is 18.5. The molecule has 3 aliphatic rings. The lowest BCUT2D eigenvalue weighted by Gasteiger charge is -2.43. The number of ether oxygens (including phenoxy) is 1. The molecule has 0 unspecified atom stereocenters. The van der Waals surface area contributed by atoms with Gasteiger partial charge in [0.25, 0.3) is 5.91 Å². The quantitative estimate of drug-likeness (QED) is 0.647. The van der Waals surface area contributed by atoms with E-state index in [-0.39, 0.29) is 49.0 Å². The maximum atomic E-state index is 14.4. The minimum Gasteiger partial charge on any atom is -0.379 e. The summed E-state index contributed by atoms with van der Waals surface area (Å²) in [6.45, 7) is 2.21. The van der Waals surface area contributed by atoms with Crippen LogP contribution in [-0.2, 0) is 22.3 Å². The van der Waals surface area contributed by atoms with Gasteiger partial charge < -0.3 is 19.5 Å². The van der Waals surface area contributed by atoms with Crippen LogP contribution in [0, 0.1) is 5.41 Å². The largest absolute Gasteiger partial charge is 0.471 e. The van der Waals surface area contributed by atoms with E-state index in [2.05, 4.69) is 20.0 Å². The summed E-state index contributed by atoms with van der Waals surface area (Å²) in [6, 6.07) is 2.64. The van der Waals surface area contributed by atoms with Crippen LogP contribution in [0.4, 0.5) is 22.0 Å². The van der Waals surface area contributed by atoms with Crippen LogP contribution in [0.3, 0.4) is 0 Å². The zero-order chi connectivity index (χ0) is 25.2. The second-order valence-corrected chi connectivity index (χ2v) is 9.53. The van der Waals surface area contributed by atoms with Gasteiger partial charge in [0.2, 0.25) is 17.7 Å². The molecule has 1 aromatic carbocycles. The van der Waals surface area contributed by atoms with Crippen molar-refractivity contribution in [3.63, 3.8) is 0 Å². The maximum Gasteiger partial charge on any atom is 0.471 e. The summed E-state index contributed by atoms with van der Waals surface area (Å²) in [4.78, 5) is 30.6. The molecule has 2 fully saturated rings. The van der Waals surface area contributed by atoms with Crippen molar-refractivity contribution in [2.24, 2.45) is 5.41 Å². The minimum atomic E-state index is -4.82. The highest BCUT2D eigenvalue weighted by Gasteiger charge is 2.49. The van der Waals surface area contributed by atoms with Gasteiger partial charge in [0, 0.05) is 36.6 Å². The maximum absolute atomic E-state index is 14.4. The van der Waals surface area contributed by atoms with Crippen molar-refractivity contribution in [1.29, 1.82) is 0 Å². The van der Waals surface area contributed by atoms with E-state index in [1.54, 1.807) is 6.92 Å². The van der Waals surface area contributed by atoms with Gasteiger partial charge in [-0.05, 0) is 25.0 Å². The topological polar surface area (TPSA) is 97.6 Å². The first kappa shape index (κ1) is 23.6. The number of hydrogen-bond acceptors (Lipinski definition) is 6. The first-order valence-corrected chi connectivity index (χ1v) is 11.0. The fourth-order valence-electron chi connectivity index (χ4n) is 4.67. The molecule has 1 saturated carbocycles. The molecule has 3 heterocycles. The molecule has 0 spiro atoms. The van der Waals surface area contributed by atoms with Gasteiger partial charge in [-0.25, -0.2) is 8.78 Å². The van der Waals surface area contributed by atoms with Gasteiger partial charge in [-0.2, -0.15) is 18.2 Å². The van der Waals surface area contributed by atoms with E-state index in [4.69, 9.17) is 4.74 Å². The Kier molecular flexibility index (Phi) is 5.38. The van der Waals surface area contributed by atoms with Crippen molar-refractivity contribution in [3.05, 3.63) is 35.2 Å². The summed E-state index contributed by atoms with van der Waals surface area (Å²) in [7, 11) is 0. The first-order chi connectivity index (χ1) is 16.4. The van der Waals surface area contributed by atoms with Crippen LogP contribution in [0.25, 0.3) is 11.4 Å². The number of nitrogens with one attached hydrogen (secondary N) is 1. The molecule has 1 saturated heterocycles. The van der Waals surface area contributed by atoms with Crippen molar-refractivity contribution in [3.8, 4) is 11.4 Å². The molecule has 2 aliphatic heterocycles. The fraction of sp³-hybridized carbons (Fsp3) is 0.545. The Balaban J connectivity index is 1.39. The van der Waals surface area contributed by atoms with E-state index >= 15 is 0 Å². The lowest BCUT2D eigenvalue weighted by molar-refractivity contribution is -0.160. The predicted molar refractivity (Wildman–Crippen MR) is 108 cm³/mol. The SMILES string of the molecule is CC1(C(=O)N[C@@H]2CCC(F)(F)C[C@H]2N2Cc3ccc(-c4noc(C(F)(F)F)n4)cc3C2=O)COC1. The molecule has 35 heavy (non-hydrogen) atoms. The number of aromatic nitrogens is 2. The highest BCUT2D eigenvalue weighted by Crippen LogP contribution is 2.40. The van der Waals surface area contributed by atoms with Crippen molar-refractivity contribution in [1.82, 2.24) is 20.4 Å². The Morgan fingerprint density at radius 1 is 1.26 bits per heavy atom. The van der Waals surface area contributed by atoms with Gasteiger partial charge in [0.15, 0.2) is 0 Å². The van der Waals surface area contributed by atoms with Crippen molar-refractivity contribution >= 4 is 11.8 Å². The number of carbonyl (C=O) groups excluding carboxylic acids is 2. The third-order valence-corrected chi connectivity index (χ3v) is 6.77. The smallest absolute Gasteiger partial charge is 0.379 e. The average molecular weight is 500 g/mol. The predicted octanol–water partition coefficient (Wildman–Crippen LogP) is 3.42. The molecule has 13 heteroatoms. The molecule has 0 radical (unpaired) electrons. The molecule has 5 rings (SSSR count). The molecule has 2 aromatic rings. The monoisotopic (exact) mass is 500 g/mol. The van der Waals surface area contributed by atoms with E-state index < -0.39 is 54.2 Å². The second-order valence-electron chi connectivity index (χ2n) is 9.53. The van der Waals surface area contributed by atoms with E-state index in [9.17, 15) is 31.5 Å². The van der Waals surface area contributed by atoms with Crippen LogP contribution >= 0.6 is 0 Å². The Bertz CT molecular complexity index is 1180. The Labute approximate surface area is 195 Å². The Hall–Kier alpha value is -3.09. The lowest BCUT2D eigenvalue weighted by atomic mass is 9.83. The van der Waals surface area contributed by atoms with Gasteiger partial charge in [-0.3, -0.25) is 9.59 Å². The highest BCUT2D eigenvalue weighted by molar-refractivity contribution is 5.99. The lowest BCUT2D eigenvalue weighted by Crippen LogP contribution is -2.61. The van der Waals surface area contributed by atoms with Crippen LogP contribution in [0.5, 0.6) is 0 Å². The number of carbonyl (C=O) groups is 2. The number of halogens is 5. The summed E-state index contributed by atoms with van der Waals surface area (Å²) in [5.41, 5.74) is 0.0581. The fourth-order valence-corrected chi connectivity index (χ4v) is 4.67. The van der Waals surface area contributed by atoms with Gasteiger partial charge >= 0.3 is 12.1 Å². The second kappa shape index (κ2) is 7.97. The molecule has 0 bridgehead atoms. The van der Waals surface area contributed by atoms with Gasteiger partial charge in [0.05, 0.1) is 24.7 Å². The van der Waals surface area contributed by atoms with Gasteiger partial charge in [0.1, 0.15) is 0 Å². The molecular weight excluding hydrogens is 479 g/mol. The van der Waals surface area contributed by atoms with E-state index in [0.29, 0.717) is 5.56 Å². The van der Waals surface area contributed by atoms with Crippen molar-refractivity contribution < 1.29 is 40.8 Å². The summed E-state index contributed by atoms with van der Waals surface area (Å²) >= 11 is 0. The molecule has 8 nitrogen and oxygen atoms in total. The van der Waals surface area contributed by atoms with Gasteiger partial charge in [-0.1, -0.05) is 17.3 Å². The zero-order valence-electron chi connectivity index (χ0n) is 18.5. The normalized spacial score (nSPS) is 25.2. The van der Waals surface area contributed by atoms with E-state index in [1.165, 1.54) is 23.1 Å². The number of hydrogen-bond donors (Lipinski definition) is 1. The highest BCUT2D eigenvalue weighted by atomic mass is 19.4. The standard InChI is InChI=1S/C22H21F5N4O4/c1-20(9-34-10-20)18(33)28-14-4-5-21(23,24)7-15(14)31-8-12-3-2-11(6-13(12)17(31)32)16-29-19(35-30-16)22(25,26)27/h2-3,6,14-15H,4-5,7-10H2,1H3,(H,28,33)/t14-,15-/m1/s1. The number of alkyl halides is 5. The van der Waals surface area contributed by atoms with E-state index in [1.807, 2.05) is 0 Å². The van der Waals surface area contributed by atoms with Crippen molar-refractivity contribution in [2.45, 2.75) is 56.9 Å². The van der Waals surface area contributed by atoms with Gasteiger partial charge in [-0.15, -0.1) is 0 Å². The Morgan fingerprint density at radius 3 is 2.63 bits per heavy atom. The number of rotatable bonds is 4. The van der Waals surface area contributed by atoms with Crippen molar-refractivity contribution in [2.75, 3.05) is 13.2 Å². The third kappa shape index (κ3) is 4.26. The van der Waals surface area contributed by atoms with Crippen LogP contribution < -0.4 is 5.32 Å². The summed E-state index contributed by atoms with van der Waals surface area (Å²) in [5, 5.41) is 6.17. The number of nitrogens with zero attached hydrogens (tertiary/aromatic N) is 3. The summed E-state index contributed by atoms with van der Waals surface area (Å²) < 4.78 is 76.5. The summed E-state index contributed by atoms with van der Waals surface area (Å²) in [6.07, 6.45) is -5.85. The van der Waals surface area contributed by atoms with E-state index in [0.717, 1.165) is 0 Å². The Morgan fingerprint density at radius 2 is 2.00 bits per heavy atom. The third-order valence-electron chi connectivity index (χ3n) is 6.77. The number of amides is 2. The minimum absolute atomic E-state index is 0.00516. The molecular formula is C22H21F5N4O4. The molecule has 2 atom stereocenters. The number of fused-ring (bicyclic) bond motifs is 1. The average Bonchev–Trinajstić information content (AvgIpc) is 3.38. The van der Waals surface area contributed by atoms with Crippen LogP contribution in [-0.4, -0.2) is 58.1 Å². The molecule has 1 N–H and O–H groups in total.